The molecular weight excluding hydrogens is 1320 g/mol. The number of halogens is 12. The van der Waals surface area contributed by atoms with Gasteiger partial charge in [-0.05, 0) is 55.7 Å². The first-order valence-corrected chi connectivity index (χ1v) is 29.2. The van der Waals surface area contributed by atoms with Crippen LogP contribution in [0, 0.1) is 0 Å². The Labute approximate surface area is 532 Å². The summed E-state index contributed by atoms with van der Waals surface area (Å²) in [5.41, 5.74) is 10.6. The third kappa shape index (κ3) is 20.5. The van der Waals surface area contributed by atoms with Crippen LogP contribution in [-0.4, -0.2) is 63.8 Å². The van der Waals surface area contributed by atoms with Gasteiger partial charge >= 0.3 is 24.5 Å². The highest BCUT2D eigenvalue weighted by molar-refractivity contribution is 7.14. The number of aliphatic hydroxyl groups excluding tert-OH is 1. The second-order valence-electron chi connectivity index (χ2n) is 18.6. The molecule has 9 aromatic rings. The number of alkyl halides is 9. The third-order valence-corrected chi connectivity index (χ3v) is 16.1. The number of carbonyl (C=O) groups excluding carboxylic acids is 3. The average molecular weight is 1370 g/mol. The van der Waals surface area contributed by atoms with E-state index in [1.165, 1.54) is 18.6 Å². The van der Waals surface area contributed by atoms with Gasteiger partial charge in [0.2, 0.25) is 0 Å². The summed E-state index contributed by atoms with van der Waals surface area (Å²) in [6.45, 7) is 5.35. The first kappa shape index (κ1) is 71.0. The van der Waals surface area contributed by atoms with Crippen LogP contribution < -0.4 is 32.7 Å². The number of hydrogen-bond donors (Lipinski definition) is 8. The number of amides is 3. The summed E-state index contributed by atoms with van der Waals surface area (Å²) in [7, 11) is 0. The number of nitrogens with two attached hydrogens (primary N) is 2. The predicted octanol–water partition coefficient (Wildman–Crippen LogP) is 14.7. The molecule has 0 spiro atoms. The van der Waals surface area contributed by atoms with Crippen molar-refractivity contribution < 1.29 is 68.9 Å². The molecule has 0 radical (unpaired) electrons. The molecule has 474 valence electrons. The van der Waals surface area contributed by atoms with Gasteiger partial charge in [-0.25, -0.2) is 34.7 Å². The molecule has 18 nitrogen and oxygen atoms in total. The molecule has 6 aromatic heterocycles. The first-order valence-electron chi connectivity index (χ1n) is 25.6. The highest BCUT2D eigenvalue weighted by Gasteiger charge is 2.36. The number of carbonyl (C=O) groups is 4. The first-order chi connectivity index (χ1) is 42.3. The van der Waals surface area contributed by atoms with Gasteiger partial charge in [0.1, 0.15) is 47.1 Å². The fourth-order valence-electron chi connectivity index (χ4n) is 7.28. The highest BCUT2D eigenvalue weighted by Crippen LogP contribution is 2.38. The third-order valence-electron chi connectivity index (χ3n) is 11.6. The normalized spacial score (nSPS) is 12.7. The molecule has 0 aliphatic heterocycles. The Morgan fingerprint density at radius 1 is 0.467 bits per heavy atom. The number of anilines is 3. The topological polar surface area (TPSA) is 286 Å². The van der Waals surface area contributed by atoms with Crippen molar-refractivity contribution in [3.8, 4) is 0 Å². The highest BCUT2D eigenvalue weighted by atomic mass is 35.5. The van der Waals surface area contributed by atoms with Crippen LogP contribution in [0.1, 0.15) is 128 Å². The van der Waals surface area contributed by atoms with Gasteiger partial charge in [0.15, 0.2) is 6.10 Å². The minimum atomic E-state index is -4.66. The molecular formula is C57H48Cl3F9N12O6S3. The Balaban J connectivity index is 0.000000204. The Kier molecular flexibility index (Phi) is 25.0. The maximum atomic E-state index is 13.1. The molecule has 9 rings (SSSR count). The zero-order chi connectivity index (χ0) is 66.3. The minimum Gasteiger partial charge on any atom is -0.479 e. The molecule has 3 aromatic carbocycles. The summed E-state index contributed by atoms with van der Waals surface area (Å²) in [4.78, 5) is 70.9. The summed E-state index contributed by atoms with van der Waals surface area (Å²) < 4.78 is 116. The van der Waals surface area contributed by atoms with Crippen molar-refractivity contribution >= 4 is 110 Å². The summed E-state index contributed by atoms with van der Waals surface area (Å²) in [6.07, 6.45) is -8.80. The van der Waals surface area contributed by atoms with Crippen LogP contribution in [0.15, 0.2) is 146 Å². The lowest BCUT2D eigenvalue weighted by Gasteiger charge is -2.23. The number of benzene rings is 3. The number of hydrogen-bond acceptors (Lipinski definition) is 17. The number of thiazole rings is 3. The lowest BCUT2D eigenvalue weighted by molar-refractivity contribution is -0.147. The maximum absolute atomic E-state index is 13.1. The van der Waals surface area contributed by atoms with Gasteiger partial charge in [0.05, 0.1) is 74.5 Å². The molecule has 6 heterocycles. The van der Waals surface area contributed by atoms with Crippen LogP contribution in [0.3, 0.4) is 0 Å². The summed E-state index contributed by atoms with van der Waals surface area (Å²) >= 11 is 19.8. The SMILES string of the molecule is C[C@@H](N)c1ncc(C(=O)Nc2cc(C(F)(F)F)c(Cl)cn2)s1.C[C@@H](N)c1ncc(C(=O)Nc2cc(C(F)(F)F)c(Cl)cn2)s1.C[C@@H](NC(c1ccccc1)c1ccccc1)c1ncc(C(=O)Nc2cc(C(F)(F)F)c(Cl)cn2)s1.O=C(O)[C@@H](O)c1ccccc1. The van der Waals surface area contributed by atoms with Crippen LogP contribution in [0.2, 0.25) is 15.1 Å². The lowest BCUT2D eigenvalue weighted by Crippen LogP contribution is -2.25. The van der Waals surface area contributed by atoms with Crippen LogP contribution in [0.4, 0.5) is 57.0 Å². The maximum Gasteiger partial charge on any atom is 0.418 e. The molecule has 0 aliphatic rings. The number of carboxylic acid groups (broad SMARTS) is 1. The van der Waals surface area contributed by atoms with Crippen molar-refractivity contribution in [3.05, 3.63) is 224 Å². The molecule has 0 saturated carbocycles. The van der Waals surface area contributed by atoms with E-state index in [0.29, 0.717) is 38.8 Å². The van der Waals surface area contributed by atoms with E-state index in [9.17, 15) is 58.7 Å². The number of pyridine rings is 3. The van der Waals surface area contributed by atoms with E-state index in [0.717, 1.165) is 63.7 Å². The Morgan fingerprint density at radius 3 is 1.03 bits per heavy atom. The van der Waals surface area contributed by atoms with Gasteiger partial charge in [-0.3, -0.25) is 19.7 Å². The number of nitrogens with one attached hydrogen (secondary N) is 4. The number of nitrogens with zero attached hydrogens (tertiary/aromatic N) is 6. The molecule has 3 amide bonds. The molecule has 0 unspecified atom stereocenters. The van der Waals surface area contributed by atoms with Crippen molar-refractivity contribution in [3.63, 3.8) is 0 Å². The fourth-order valence-corrected chi connectivity index (χ4v) is 10.3. The molecule has 10 N–H and O–H groups in total. The van der Waals surface area contributed by atoms with E-state index in [1.54, 1.807) is 44.2 Å². The van der Waals surface area contributed by atoms with E-state index in [1.807, 2.05) is 67.6 Å². The van der Waals surface area contributed by atoms with Gasteiger partial charge in [-0.1, -0.05) is 126 Å². The van der Waals surface area contributed by atoms with Crippen LogP contribution in [-0.2, 0) is 23.3 Å². The Morgan fingerprint density at radius 2 is 0.756 bits per heavy atom. The smallest absolute Gasteiger partial charge is 0.418 e. The zero-order valence-electron chi connectivity index (χ0n) is 46.4. The monoisotopic (exact) mass is 1370 g/mol. The van der Waals surface area contributed by atoms with Gasteiger partial charge in [0, 0.05) is 18.6 Å². The molecule has 0 aliphatic carbocycles. The standard InChI is InChI=1S/C25H20ClF3N4OS.2C12H10ClF3N4OS.C8H8O3/c1-15(32-22(16-8-4-2-5-9-16)17-10-6-3-7-11-17)24-31-14-20(35-24)23(34)33-21-12-18(25(27,28)29)19(26)13-30-21;2*1-5(17)11-19-4-8(22-11)10(21)20-9-2-6(12(14,15)16)7(13)3-18-9;9-7(8(10)11)6-4-2-1-3-5-6/h2-15,22,32H,1H3,(H,30,33,34);2*2-5H,17H2,1H3,(H,18,20,21);1-5,7,9H,(H,10,11)/t15-;2*5-;7-/m1110/s1. The van der Waals surface area contributed by atoms with E-state index >= 15 is 0 Å². The fraction of sp³-hybridized carbons (Fsp3) is 0.193. The van der Waals surface area contributed by atoms with Crippen molar-refractivity contribution in [2.24, 2.45) is 11.5 Å². The zero-order valence-corrected chi connectivity index (χ0v) is 51.1. The Hall–Kier alpha value is -8.04. The van der Waals surface area contributed by atoms with Crippen LogP contribution in [0.5, 0.6) is 0 Å². The number of carboxylic acids is 1. The summed E-state index contributed by atoms with van der Waals surface area (Å²) in [5, 5.41) is 28.0. The average Bonchev–Trinajstić information content (AvgIpc) is 1.68. The second-order valence-corrected chi connectivity index (χ2v) is 23.0. The molecule has 0 saturated heterocycles. The lowest BCUT2D eigenvalue weighted by atomic mass is 9.98. The van der Waals surface area contributed by atoms with E-state index < -0.39 is 80.1 Å². The molecule has 4 atom stereocenters. The number of rotatable bonds is 15. The summed E-state index contributed by atoms with van der Waals surface area (Å²) in [6, 6.07) is 29.3. The number of aliphatic hydroxyl groups is 1. The van der Waals surface area contributed by atoms with E-state index in [2.05, 4.69) is 51.2 Å². The van der Waals surface area contributed by atoms with Gasteiger partial charge < -0.3 is 37.6 Å². The number of aromatic nitrogens is 6. The quantitative estimate of drug-likeness (QED) is 0.0443. The molecule has 90 heavy (non-hydrogen) atoms. The molecule has 33 heteroatoms. The second kappa shape index (κ2) is 31.6. The summed E-state index contributed by atoms with van der Waals surface area (Å²) in [5.74, 6) is -3.82. The molecule has 0 bridgehead atoms. The van der Waals surface area contributed by atoms with Gasteiger partial charge in [-0.15, -0.1) is 34.0 Å². The van der Waals surface area contributed by atoms with Gasteiger partial charge in [0.25, 0.3) is 17.7 Å². The largest absolute Gasteiger partial charge is 0.479 e. The van der Waals surface area contributed by atoms with Crippen LogP contribution >= 0.6 is 68.8 Å². The van der Waals surface area contributed by atoms with Crippen molar-refractivity contribution in [1.29, 1.82) is 0 Å². The van der Waals surface area contributed by atoms with E-state index in [4.69, 9.17) is 56.5 Å². The van der Waals surface area contributed by atoms with Gasteiger partial charge in [-0.2, -0.15) is 39.5 Å². The Bertz CT molecular complexity index is 3730. The number of aliphatic carboxylic acids is 1. The van der Waals surface area contributed by atoms with Crippen molar-refractivity contribution in [2.45, 2.75) is 69.6 Å². The van der Waals surface area contributed by atoms with E-state index in [-0.39, 0.29) is 56.3 Å². The van der Waals surface area contributed by atoms with Crippen LogP contribution in [0.25, 0.3) is 0 Å². The van der Waals surface area contributed by atoms with Crippen molar-refractivity contribution in [2.75, 3.05) is 16.0 Å². The predicted molar refractivity (Wildman–Crippen MR) is 323 cm³/mol. The molecule has 0 fully saturated rings. The minimum absolute atomic E-state index is 0.104. The van der Waals surface area contributed by atoms with Crippen molar-refractivity contribution in [1.82, 2.24) is 35.2 Å².